The molecule has 0 fully saturated rings. The molecular formula is C70H75F5N5+5. The fourth-order valence-electron chi connectivity index (χ4n) is 9.53. The Balaban J connectivity index is 0.000000161. The zero-order valence-corrected chi connectivity index (χ0v) is 48.9. The molecule has 5 aromatic carbocycles. The maximum Gasteiger partial charge on any atom is 0.359 e. The molecule has 0 atom stereocenters. The van der Waals surface area contributed by atoms with Crippen LogP contribution >= 0.6 is 0 Å². The highest BCUT2D eigenvalue weighted by Crippen LogP contribution is 2.26. The summed E-state index contributed by atoms with van der Waals surface area (Å²) in [6.45, 7) is 20.1. The normalized spacial score (nSPS) is 10.5. The van der Waals surface area contributed by atoms with E-state index in [1.54, 1.807) is 42.2 Å². The number of halogens is 5. The second-order valence-electron chi connectivity index (χ2n) is 20.7. The van der Waals surface area contributed by atoms with Gasteiger partial charge in [-0.15, -0.1) is 4.39 Å². The minimum absolute atomic E-state index is 0.166. The predicted octanol–water partition coefficient (Wildman–Crippen LogP) is 14.7. The van der Waals surface area contributed by atoms with Gasteiger partial charge < -0.3 is 0 Å². The van der Waals surface area contributed by atoms with Gasteiger partial charge in [-0.1, -0.05) is 89.5 Å². The lowest BCUT2D eigenvalue weighted by atomic mass is 10.0. The van der Waals surface area contributed by atoms with Crippen molar-refractivity contribution in [2.45, 2.75) is 69.2 Å². The first kappa shape index (κ1) is 60.7. The summed E-state index contributed by atoms with van der Waals surface area (Å²) < 4.78 is 75.0. The van der Waals surface area contributed by atoms with Crippen molar-refractivity contribution in [3.05, 3.63) is 267 Å². The molecule has 0 aliphatic rings. The number of rotatable bonds is 5. The van der Waals surface area contributed by atoms with Crippen LogP contribution in [0.15, 0.2) is 183 Å². The van der Waals surface area contributed by atoms with E-state index in [4.69, 9.17) is 0 Å². The summed E-state index contributed by atoms with van der Waals surface area (Å²) in [4.78, 5) is 0. The lowest BCUT2D eigenvalue weighted by molar-refractivity contribution is -0.689. The molecule has 0 amide bonds. The van der Waals surface area contributed by atoms with Gasteiger partial charge in [0.25, 0.3) is 0 Å². The van der Waals surface area contributed by atoms with Gasteiger partial charge >= 0.3 is 5.95 Å². The van der Waals surface area contributed by atoms with E-state index < -0.39 is 0 Å². The molecule has 0 radical (unpaired) electrons. The molecule has 10 heteroatoms. The van der Waals surface area contributed by atoms with Crippen molar-refractivity contribution in [2.24, 2.45) is 35.2 Å². The molecule has 10 rings (SSSR count). The third-order valence-corrected chi connectivity index (χ3v) is 14.0. The third kappa shape index (κ3) is 15.6. The van der Waals surface area contributed by atoms with Gasteiger partial charge in [-0.25, -0.2) is 17.6 Å². The molecule has 5 heterocycles. The van der Waals surface area contributed by atoms with Crippen molar-refractivity contribution in [1.29, 1.82) is 0 Å². The van der Waals surface area contributed by atoms with Crippen LogP contribution < -0.4 is 22.8 Å². The van der Waals surface area contributed by atoms with Crippen molar-refractivity contribution in [1.82, 2.24) is 0 Å². The van der Waals surface area contributed by atoms with Gasteiger partial charge in [-0.3, -0.25) is 0 Å². The summed E-state index contributed by atoms with van der Waals surface area (Å²) in [6, 6.07) is 50.6. The number of hydrogen-bond acceptors (Lipinski definition) is 0. The zero-order valence-electron chi connectivity index (χ0n) is 48.9. The minimum atomic E-state index is -0.225. The van der Waals surface area contributed by atoms with Crippen molar-refractivity contribution in [3.8, 4) is 56.3 Å². The number of hydrogen-bond donors (Lipinski definition) is 0. The van der Waals surface area contributed by atoms with Crippen LogP contribution in [0.5, 0.6) is 0 Å². The molecule has 0 spiro atoms. The Hall–Kier alpha value is -8.50. The number of pyridine rings is 5. The van der Waals surface area contributed by atoms with Gasteiger partial charge in [0.2, 0.25) is 53.3 Å². The summed E-state index contributed by atoms with van der Waals surface area (Å²) >= 11 is 0. The lowest BCUT2D eigenvalue weighted by Crippen LogP contribution is -2.35. The topological polar surface area (TPSA) is 19.4 Å². The smallest absolute Gasteiger partial charge is 0.200 e. The van der Waals surface area contributed by atoms with Gasteiger partial charge in [0.1, 0.15) is 35.2 Å². The minimum Gasteiger partial charge on any atom is -0.200 e. The second kappa shape index (κ2) is 27.4. The van der Waals surface area contributed by atoms with Crippen molar-refractivity contribution in [2.75, 3.05) is 0 Å². The highest BCUT2D eigenvalue weighted by Gasteiger charge is 2.19. The summed E-state index contributed by atoms with van der Waals surface area (Å²) in [7, 11) is 9.19. The van der Waals surface area contributed by atoms with Crippen molar-refractivity contribution in [3.63, 3.8) is 0 Å². The van der Waals surface area contributed by atoms with Gasteiger partial charge in [-0.2, -0.15) is 22.8 Å². The molecule has 0 N–H and O–H groups in total. The first-order chi connectivity index (χ1) is 37.9. The van der Waals surface area contributed by atoms with Gasteiger partial charge in [0.05, 0.1) is 0 Å². The van der Waals surface area contributed by atoms with Crippen LogP contribution in [0, 0.1) is 98.5 Å². The average Bonchev–Trinajstić information content (AvgIpc) is 3.45. The molecule has 10 aromatic rings. The summed E-state index contributed by atoms with van der Waals surface area (Å²) in [6.07, 6.45) is 6.04. The maximum absolute atomic E-state index is 13.4. The van der Waals surface area contributed by atoms with Crippen LogP contribution in [0.4, 0.5) is 22.0 Å². The van der Waals surface area contributed by atoms with Crippen LogP contribution in [-0.4, -0.2) is 0 Å². The standard InChI is InChI=1S/C15H17FN.3C14H15FN.C13H13FN/c1-10-5-6-13(11(2)7-10)15-8-12(3)14(16)9-17(15)4;1-10-4-6-13(11(2)8-10)14-7-5-12(15)9-16(14)3;1-10-7-8-12(11(2)9-10)13-5-4-6-14(15)16(13)3;1-10-6-4-5-7-12(10)14-8-11(2)13(15)9-16(14)3;1-10-5-3-4-6-12(10)13-8-7-11(14)9-15(13)2/h5-9H,1-4H3;3*4-9H,1-3H3;3-9H,1-2H3/q5*+1. The van der Waals surface area contributed by atoms with E-state index >= 15 is 0 Å². The molecule has 80 heavy (non-hydrogen) atoms. The predicted molar refractivity (Wildman–Crippen MR) is 312 cm³/mol. The highest BCUT2D eigenvalue weighted by atomic mass is 19.1. The second-order valence-corrected chi connectivity index (χ2v) is 20.7. The molecule has 0 aliphatic heterocycles. The summed E-state index contributed by atoms with van der Waals surface area (Å²) in [5, 5.41) is 0. The third-order valence-electron chi connectivity index (χ3n) is 14.0. The quantitative estimate of drug-likeness (QED) is 0.0930. The summed E-state index contributed by atoms with van der Waals surface area (Å²) in [5.74, 6) is -0.982. The molecule has 0 saturated heterocycles. The molecule has 0 saturated carbocycles. The maximum atomic E-state index is 13.4. The van der Waals surface area contributed by atoms with E-state index in [1.807, 2.05) is 116 Å². The summed E-state index contributed by atoms with van der Waals surface area (Å²) in [5.41, 5.74) is 21.7. The zero-order chi connectivity index (χ0) is 58.5. The SMILES string of the molecule is Cc1cc(-c2ccccc2C)[n+](C)cc1F.Cc1ccc(-c2cc(C)c(F)c[n+]2C)c(C)c1.Cc1ccc(-c2ccc(F)c[n+]2C)c(C)c1.Cc1ccc(-c2cccc(F)[n+]2C)c(C)c1.Cc1ccccc1-c1ccc(F)c[n+]1C. The number of aromatic nitrogens is 5. The van der Waals surface area contributed by atoms with E-state index in [0.717, 1.165) is 56.3 Å². The molecule has 5 aromatic heterocycles. The van der Waals surface area contributed by atoms with E-state index in [9.17, 15) is 22.0 Å². The van der Waals surface area contributed by atoms with Crippen LogP contribution in [0.2, 0.25) is 0 Å². The average molecular weight is 1080 g/mol. The van der Waals surface area contributed by atoms with Gasteiger partial charge in [0, 0.05) is 64.2 Å². The molecule has 5 nitrogen and oxygen atoms in total. The fraction of sp³-hybridized carbons (Fsp3) is 0.214. The Kier molecular flexibility index (Phi) is 20.8. The van der Waals surface area contributed by atoms with E-state index in [2.05, 4.69) is 109 Å². The van der Waals surface area contributed by atoms with Crippen LogP contribution in [0.3, 0.4) is 0 Å². The largest absolute Gasteiger partial charge is 0.359 e. The first-order valence-electron chi connectivity index (χ1n) is 26.5. The Bertz CT molecular complexity index is 3760. The number of benzene rings is 5. The first-order valence-corrected chi connectivity index (χ1v) is 26.5. The van der Waals surface area contributed by atoms with Crippen molar-refractivity contribution >= 4 is 0 Å². The monoisotopic (exact) mass is 1080 g/mol. The van der Waals surface area contributed by atoms with E-state index in [-0.39, 0.29) is 29.2 Å². The van der Waals surface area contributed by atoms with Gasteiger partial charge in [0.15, 0.2) is 23.3 Å². The number of nitrogens with zero attached hydrogens (tertiary/aromatic N) is 5. The van der Waals surface area contributed by atoms with Crippen LogP contribution in [-0.2, 0) is 35.2 Å². The molecule has 410 valence electrons. The fourth-order valence-corrected chi connectivity index (χ4v) is 9.53. The number of aryl methyl sites for hydroxylation is 14. The van der Waals surface area contributed by atoms with E-state index in [1.165, 1.54) is 87.5 Å². The van der Waals surface area contributed by atoms with Gasteiger partial charge in [-0.05, 0) is 157 Å². The molecule has 0 bridgehead atoms. The Morgan fingerprint density at radius 1 is 0.263 bits per heavy atom. The van der Waals surface area contributed by atoms with Crippen LogP contribution in [0.1, 0.15) is 55.6 Å². The Morgan fingerprint density at radius 3 is 0.975 bits per heavy atom. The molecule has 0 unspecified atom stereocenters. The molecular weight excluding hydrogens is 1010 g/mol. The Labute approximate surface area is 470 Å². The lowest BCUT2D eigenvalue weighted by Gasteiger charge is -2.06. The Morgan fingerprint density at radius 2 is 0.600 bits per heavy atom. The van der Waals surface area contributed by atoms with E-state index in [0.29, 0.717) is 11.1 Å². The van der Waals surface area contributed by atoms with Crippen molar-refractivity contribution < 1.29 is 44.8 Å². The van der Waals surface area contributed by atoms with Crippen LogP contribution in [0.25, 0.3) is 56.3 Å². The molecule has 0 aliphatic carbocycles. The highest BCUT2D eigenvalue weighted by molar-refractivity contribution is 5.64.